The van der Waals surface area contributed by atoms with Crippen LogP contribution in [0.4, 0.5) is 21.9 Å². The highest BCUT2D eigenvalue weighted by Crippen LogP contribution is 2.65. The molecule has 7 nitrogen and oxygen atoms in total. The maximum Gasteiger partial charge on any atom is 0.412 e. The molecule has 3 amide bonds. The Hall–Kier alpha value is -2.68. The molecule has 1 saturated carbocycles. The summed E-state index contributed by atoms with van der Waals surface area (Å²) in [4.78, 5) is 38.2. The van der Waals surface area contributed by atoms with E-state index in [1.807, 2.05) is 0 Å². The minimum atomic E-state index is -1.37. The van der Waals surface area contributed by atoms with Gasteiger partial charge < -0.3 is 15.4 Å². The third kappa shape index (κ3) is 7.40. The Morgan fingerprint density at radius 1 is 0.854 bits per heavy atom. The summed E-state index contributed by atoms with van der Waals surface area (Å²) in [5.41, 5.74) is 2.45. The van der Waals surface area contributed by atoms with Crippen LogP contribution >= 0.6 is 58.0 Å². The first kappa shape index (κ1) is 31.3. The largest absolute Gasteiger partial charge is 0.444 e. The number of halogens is 5. The van der Waals surface area contributed by atoms with E-state index in [0.29, 0.717) is 28.2 Å². The van der Waals surface area contributed by atoms with E-state index in [0.717, 1.165) is 5.56 Å². The first-order valence-corrected chi connectivity index (χ1v) is 14.3. The van der Waals surface area contributed by atoms with Gasteiger partial charge in [-0.25, -0.2) is 4.79 Å². The van der Waals surface area contributed by atoms with E-state index in [2.05, 4.69) is 16.0 Å². The summed E-state index contributed by atoms with van der Waals surface area (Å²) in [7, 11) is 0. The van der Waals surface area contributed by atoms with E-state index >= 15 is 0 Å². The zero-order valence-electron chi connectivity index (χ0n) is 22.4. The van der Waals surface area contributed by atoms with Gasteiger partial charge in [0.1, 0.15) is 9.93 Å². The summed E-state index contributed by atoms with van der Waals surface area (Å²) in [6, 6.07) is 14.7. The molecule has 1 fully saturated rings. The highest BCUT2D eigenvalue weighted by atomic mass is 35.5. The summed E-state index contributed by atoms with van der Waals surface area (Å²) in [5.74, 6) is -2.16. The molecule has 41 heavy (non-hydrogen) atoms. The summed E-state index contributed by atoms with van der Waals surface area (Å²) in [6.07, 6.45) is -0.577. The Bertz CT molecular complexity index is 1510. The number of hydrogen-bond acceptors (Lipinski definition) is 4. The number of ether oxygens (including phenoxy) is 1. The SMILES string of the molecule is Cc1cc(NC(=O)OC(C)(C)C)ccc1NC(=O)c1cccc(NC(=O)C2C(c3cc(Cl)c(Cl)c(Cl)c3)C2(Cl)Cl)c1. The fourth-order valence-corrected chi connectivity index (χ4v) is 5.72. The molecule has 12 heteroatoms. The van der Waals surface area contributed by atoms with Gasteiger partial charge in [-0.3, -0.25) is 14.9 Å². The molecule has 0 aliphatic heterocycles. The summed E-state index contributed by atoms with van der Waals surface area (Å²) in [5, 5.41) is 8.95. The van der Waals surface area contributed by atoms with Crippen molar-refractivity contribution in [1.82, 2.24) is 0 Å². The standard InChI is InChI=1S/C29H26Cl5N3O4/c1-14-10-18(36-27(40)41-28(2,3)4)8-9-21(14)37-25(38)15-6-5-7-17(11-15)35-26(39)23-22(29(23,33)34)16-12-19(30)24(32)20(31)13-16/h5-13,22-23H,1-4H3,(H,35,39)(H,36,40)(H,37,38). The molecule has 0 heterocycles. The van der Waals surface area contributed by atoms with E-state index in [-0.39, 0.29) is 15.1 Å². The number of rotatable bonds is 6. The predicted molar refractivity (Wildman–Crippen MR) is 166 cm³/mol. The second-order valence-corrected chi connectivity index (χ2v) is 13.2. The van der Waals surface area contributed by atoms with Crippen LogP contribution < -0.4 is 16.0 Å². The predicted octanol–water partition coefficient (Wildman–Crippen LogP) is 9.08. The molecule has 2 unspecified atom stereocenters. The van der Waals surface area contributed by atoms with Gasteiger partial charge in [-0.15, -0.1) is 23.2 Å². The van der Waals surface area contributed by atoms with Crippen LogP contribution in [0.25, 0.3) is 0 Å². The molecule has 3 aromatic rings. The van der Waals surface area contributed by atoms with Crippen molar-refractivity contribution < 1.29 is 19.1 Å². The molecule has 0 saturated heterocycles. The number of hydrogen-bond donors (Lipinski definition) is 3. The van der Waals surface area contributed by atoms with Crippen LogP contribution in [0.15, 0.2) is 54.6 Å². The third-order valence-electron chi connectivity index (χ3n) is 6.21. The van der Waals surface area contributed by atoms with Crippen LogP contribution in [0.2, 0.25) is 15.1 Å². The van der Waals surface area contributed by atoms with Crippen LogP contribution in [0, 0.1) is 12.8 Å². The lowest BCUT2D eigenvalue weighted by molar-refractivity contribution is -0.117. The monoisotopic (exact) mass is 655 g/mol. The van der Waals surface area contributed by atoms with Crippen molar-refractivity contribution in [3.63, 3.8) is 0 Å². The maximum atomic E-state index is 13.1. The Balaban J connectivity index is 1.41. The van der Waals surface area contributed by atoms with Crippen molar-refractivity contribution in [2.45, 2.75) is 43.5 Å². The number of amides is 3. The van der Waals surface area contributed by atoms with Gasteiger partial charge in [-0.05, 0) is 87.4 Å². The molecule has 0 spiro atoms. The van der Waals surface area contributed by atoms with Crippen molar-refractivity contribution in [2.75, 3.05) is 16.0 Å². The van der Waals surface area contributed by atoms with E-state index < -0.39 is 39.7 Å². The van der Waals surface area contributed by atoms with E-state index in [1.165, 1.54) is 0 Å². The number of aryl methyl sites for hydroxylation is 1. The molecule has 3 N–H and O–H groups in total. The number of nitrogens with one attached hydrogen (secondary N) is 3. The Kier molecular flexibility index (Phi) is 9.07. The van der Waals surface area contributed by atoms with Gasteiger partial charge in [-0.1, -0.05) is 40.9 Å². The normalized spacial score (nSPS) is 17.4. The fraction of sp³-hybridized carbons (Fsp3) is 0.276. The van der Waals surface area contributed by atoms with Crippen LogP contribution in [0.1, 0.15) is 48.2 Å². The lowest BCUT2D eigenvalue weighted by atomic mass is 10.1. The highest BCUT2D eigenvalue weighted by Gasteiger charge is 2.67. The molecular weight excluding hydrogens is 632 g/mol. The molecule has 1 aliphatic carbocycles. The van der Waals surface area contributed by atoms with E-state index in [4.69, 9.17) is 62.7 Å². The molecule has 0 radical (unpaired) electrons. The molecule has 216 valence electrons. The molecule has 0 bridgehead atoms. The molecule has 4 rings (SSSR count). The van der Waals surface area contributed by atoms with E-state index in [9.17, 15) is 14.4 Å². The Labute approximate surface area is 262 Å². The minimum Gasteiger partial charge on any atom is -0.444 e. The van der Waals surface area contributed by atoms with Crippen LogP contribution in [0.5, 0.6) is 0 Å². The van der Waals surface area contributed by atoms with Crippen molar-refractivity contribution in [2.24, 2.45) is 5.92 Å². The third-order valence-corrected chi connectivity index (χ3v) is 8.35. The van der Waals surface area contributed by atoms with Gasteiger partial charge in [0.25, 0.3) is 5.91 Å². The minimum absolute atomic E-state index is 0.201. The van der Waals surface area contributed by atoms with Gasteiger partial charge in [0, 0.05) is 28.5 Å². The number of carbonyl (C=O) groups is 3. The zero-order chi connectivity index (χ0) is 30.3. The average molecular weight is 658 g/mol. The summed E-state index contributed by atoms with van der Waals surface area (Å²) in [6.45, 7) is 7.12. The maximum absolute atomic E-state index is 13.1. The summed E-state index contributed by atoms with van der Waals surface area (Å²) >= 11 is 31.2. The topological polar surface area (TPSA) is 96.5 Å². The summed E-state index contributed by atoms with van der Waals surface area (Å²) < 4.78 is 3.89. The molecule has 3 aromatic carbocycles. The van der Waals surface area contributed by atoms with Crippen molar-refractivity contribution in [1.29, 1.82) is 0 Å². The quantitative estimate of drug-likeness (QED) is 0.182. The first-order valence-electron chi connectivity index (χ1n) is 12.4. The number of anilines is 3. The van der Waals surface area contributed by atoms with Crippen molar-refractivity contribution >= 4 is 93.0 Å². The molecule has 1 aliphatic rings. The first-order chi connectivity index (χ1) is 19.1. The fourth-order valence-electron chi connectivity index (χ4n) is 4.28. The lowest BCUT2D eigenvalue weighted by Gasteiger charge is -2.20. The molecule has 2 atom stereocenters. The van der Waals surface area contributed by atoms with Gasteiger partial charge in [0.2, 0.25) is 5.91 Å². The van der Waals surface area contributed by atoms with E-state index in [1.54, 1.807) is 82.3 Å². The van der Waals surface area contributed by atoms with Gasteiger partial charge >= 0.3 is 6.09 Å². The van der Waals surface area contributed by atoms with Crippen molar-refractivity contribution in [3.8, 4) is 0 Å². The lowest BCUT2D eigenvalue weighted by Crippen LogP contribution is -2.27. The number of benzene rings is 3. The highest BCUT2D eigenvalue weighted by molar-refractivity contribution is 6.54. The van der Waals surface area contributed by atoms with Crippen LogP contribution in [0.3, 0.4) is 0 Å². The van der Waals surface area contributed by atoms with Crippen molar-refractivity contribution in [3.05, 3.63) is 86.4 Å². The van der Waals surface area contributed by atoms with Gasteiger partial charge in [0.05, 0.1) is 21.0 Å². The van der Waals surface area contributed by atoms with Crippen LogP contribution in [-0.4, -0.2) is 27.8 Å². The Morgan fingerprint density at radius 3 is 2.10 bits per heavy atom. The van der Waals surface area contributed by atoms with Crippen LogP contribution in [-0.2, 0) is 9.53 Å². The van der Waals surface area contributed by atoms with Gasteiger partial charge in [0.15, 0.2) is 0 Å². The smallest absolute Gasteiger partial charge is 0.412 e. The average Bonchev–Trinajstić information content (AvgIpc) is 3.44. The Morgan fingerprint density at radius 2 is 1.49 bits per heavy atom. The molecule has 0 aromatic heterocycles. The number of carbonyl (C=O) groups excluding carboxylic acids is 3. The second kappa shape index (κ2) is 11.9. The zero-order valence-corrected chi connectivity index (χ0v) is 26.2. The van der Waals surface area contributed by atoms with Gasteiger partial charge in [-0.2, -0.15) is 0 Å². The second-order valence-electron chi connectivity index (χ2n) is 10.6. The number of alkyl halides is 2. The molecular formula is C29H26Cl5N3O4.